The largest absolute Gasteiger partial charge is 0.484 e. The predicted octanol–water partition coefficient (Wildman–Crippen LogP) is 2.33. The van der Waals surface area contributed by atoms with Gasteiger partial charge in [-0.25, -0.2) is 5.43 Å². The van der Waals surface area contributed by atoms with Crippen LogP contribution in [0.15, 0.2) is 53.6 Å². The van der Waals surface area contributed by atoms with E-state index in [9.17, 15) is 22.8 Å². The van der Waals surface area contributed by atoms with Crippen LogP contribution in [-0.4, -0.2) is 24.6 Å². The number of benzene rings is 2. The third-order valence-electron chi connectivity index (χ3n) is 3.09. The van der Waals surface area contributed by atoms with Crippen LogP contribution >= 0.6 is 0 Å². The molecule has 0 fully saturated rings. The fourth-order valence-electron chi connectivity index (χ4n) is 1.87. The molecule has 2 amide bonds. The number of ether oxygens (including phenoxy) is 1. The summed E-state index contributed by atoms with van der Waals surface area (Å²) < 4.78 is 43.0. The van der Waals surface area contributed by atoms with Crippen molar-refractivity contribution in [1.82, 2.24) is 5.43 Å². The highest BCUT2D eigenvalue weighted by molar-refractivity contribution is 5.95. The number of primary amides is 1. The Kier molecular flexibility index (Phi) is 5.94. The summed E-state index contributed by atoms with van der Waals surface area (Å²) in [6, 6.07) is 10.4. The number of rotatable bonds is 6. The first kappa shape index (κ1) is 19.0. The Hall–Kier alpha value is -3.36. The number of amides is 2. The van der Waals surface area contributed by atoms with Crippen molar-refractivity contribution in [3.8, 4) is 5.75 Å². The van der Waals surface area contributed by atoms with Gasteiger partial charge in [-0.1, -0.05) is 6.07 Å². The molecule has 2 aromatic rings. The van der Waals surface area contributed by atoms with Gasteiger partial charge in [0.25, 0.3) is 11.8 Å². The molecule has 0 saturated carbocycles. The summed E-state index contributed by atoms with van der Waals surface area (Å²) in [5.74, 6) is -0.948. The van der Waals surface area contributed by atoms with Crippen LogP contribution < -0.4 is 15.9 Å². The number of hydrogen-bond donors (Lipinski definition) is 2. The van der Waals surface area contributed by atoms with E-state index in [0.717, 1.165) is 18.2 Å². The van der Waals surface area contributed by atoms with Crippen molar-refractivity contribution < 1.29 is 27.5 Å². The molecular formula is C17H14F3N3O3. The van der Waals surface area contributed by atoms with Gasteiger partial charge < -0.3 is 10.5 Å². The quantitative estimate of drug-likeness (QED) is 0.608. The second kappa shape index (κ2) is 8.15. The van der Waals surface area contributed by atoms with E-state index >= 15 is 0 Å². The van der Waals surface area contributed by atoms with Gasteiger partial charge >= 0.3 is 6.18 Å². The first-order valence-corrected chi connectivity index (χ1v) is 7.27. The maximum atomic E-state index is 12.6. The van der Waals surface area contributed by atoms with Crippen LogP contribution in [0.3, 0.4) is 0 Å². The van der Waals surface area contributed by atoms with Gasteiger partial charge in [0, 0.05) is 5.56 Å². The Bertz CT molecular complexity index is 818. The van der Waals surface area contributed by atoms with Crippen LogP contribution in [0.25, 0.3) is 0 Å². The van der Waals surface area contributed by atoms with E-state index < -0.39 is 23.6 Å². The topological polar surface area (TPSA) is 93.8 Å². The Morgan fingerprint density at radius 1 is 1.15 bits per heavy atom. The molecule has 0 saturated heterocycles. The molecule has 0 atom stereocenters. The van der Waals surface area contributed by atoms with Crippen molar-refractivity contribution in [3.05, 3.63) is 65.2 Å². The van der Waals surface area contributed by atoms with Crippen LogP contribution in [0.1, 0.15) is 21.5 Å². The van der Waals surface area contributed by atoms with Gasteiger partial charge in [0.15, 0.2) is 6.61 Å². The maximum absolute atomic E-state index is 12.6. The van der Waals surface area contributed by atoms with Gasteiger partial charge in [0.2, 0.25) is 0 Å². The number of nitrogens with zero attached hydrogens (tertiary/aromatic N) is 1. The van der Waals surface area contributed by atoms with Crippen molar-refractivity contribution in [3.63, 3.8) is 0 Å². The molecule has 0 radical (unpaired) electrons. The number of carbonyl (C=O) groups is 2. The van der Waals surface area contributed by atoms with Crippen LogP contribution in [0.5, 0.6) is 5.75 Å². The molecule has 6 nitrogen and oxygen atoms in total. The molecule has 0 bridgehead atoms. The Labute approximate surface area is 146 Å². The summed E-state index contributed by atoms with van der Waals surface area (Å²) in [7, 11) is 0. The minimum Gasteiger partial charge on any atom is -0.484 e. The van der Waals surface area contributed by atoms with E-state index in [1.54, 1.807) is 24.3 Å². The van der Waals surface area contributed by atoms with Gasteiger partial charge in [-0.15, -0.1) is 0 Å². The smallest absolute Gasteiger partial charge is 0.416 e. The highest BCUT2D eigenvalue weighted by atomic mass is 19.4. The fraction of sp³-hybridized carbons (Fsp3) is 0.118. The highest BCUT2D eigenvalue weighted by Gasteiger charge is 2.30. The summed E-state index contributed by atoms with van der Waals surface area (Å²) in [4.78, 5) is 22.5. The molecule has 3 N–H and O–H groups in total. The maximum Gasteiger partial charge on any atom is 0.416 e. The summed E-state index contributed by atoms with van der Waals surface area (Å²) in [5, 5.41) is 3.69. The van der Waals surface area contributed by atoms with Crippen molar-refractivity contribution in [2.45, 2.75) is 6.18 Å². The lowest BCUT2D eigenvalue weighted by Gasteiger charge is -2.07. The van der Waals surface area contributed by atoms with Crippen LogP contribution in [-0.2, 0) is 11.0 Å². The second-order valence-electron chi connectivity index (χ2n) is 5.10. The fourth-order valence-corrected chi connectivity index (χ4v) is 1.87. The van der Waals surface area contributed by atoms with E-state index in [0.29, 0.717) is 11.3 Å². The number of nitrogens with two attached hydrogens (primary N) is 1. The highest BCUT2D eigenvalue weighted by Crippen LogP contribution is 2.29. The van der Waals surface area contributed by atoms with Crippen LogP contribution in [0.4, 0.5) is 13.2 Å². The molecule has 26 heavy (non-hydrogen) atoms. The monoisotopic (exact) mass is 365 g/mol. The van der Waals surface area contributed by atoms with Gasteiger partial charge in [0.1, 0.15) is 5.75 Å². The summed E-state index contributed by atoms with van der Waals surface area (Å²) in [6.45, 7) is -0.250. The zero-order chi connectivity index (χ0) is 19.2. The third-order valence-corrected chi connectivity index (χ3v) is 3.09. The van der Waals surface area contributed by atoms with Crippen molar-refractivity contribution in [2.75, 3.05) is 6.61 Å². The van der Waals surface area contributed by atoms with Crippen molar-refractivity contribution >= 4 is 18.0 Å². The molecule has 0 aromatic heterocycles. The van der Waals surface area contributed by atoms with Crippen molar-refractivity contribution in [1.29, 1.82) is 0 Å². The molecule has 0 aliphatic heterocycles. The first-order valence-electron chi connectivity index (χ1n) is 7.27. The van der Waals surface area contributed by atoms with E-state index in [2.05, 4.69) is 10.5 Å². The lowest BCUT2D eigenvalue weighted by Crippen LogP contribution is -2.20. The van der Waals surface area contributed by atoms with Crippen LogP contribution in [0.2, 0.25) is 0 Å². The van der Waals surface area contributed by atoms with E-state index in [-0.39, 0.29) is 12.2 Å². The number of hydrogen-bond acceptors (Lipinski definition) is 4. The molecular weight excluding hydrogens is 351 g/mol. The molecule has 0 spiro atoms. The van der Waals surface area contributed by atoms with E-state index in [1.807, 2.05) is 0 Å². The summed E-state index contributed by atoms with van der Waals surface area (Å²) in [6.07, 6.45) is -3.22. The molecule has 0 heterocycles. The zero-order valence-corrected chi connectivity index (χ0v) is 13.3. The lowest BCUT2D eigenvalue weighted by molar-refractivity contribution is -0.137. The molecule has 2 aromatic carbocycles. The number of halogens is 3. The summed E-state index contributed by atoms with van der Waals surface area (Å²) >= 11 is 0. The zero-order valence-electron chi connectivity index (χ0n) is 13.3. The molecule has 9 heteroatoms. The minimum absolute atomic E-state index is 0.160. The molecule has 0 aliphatic carbocycles. The average Bonchev–Trinajstić information content (AvgIpc) is 2.60. The number of alkyl halides is 3. The van der Waals surface area contributed by atoms with Gasteiger partial charge in [-0.2, -0.15) is 18.3 Å². The number of carbonyl (C=O) groups excluding carboxylic acids is 2. The van der Waals surface area contributed by atoms with Gasteiger partial charge in [-0.3, -0.25) is 9.59 Å². The van der Waals surface area contributed by atoms with Crippen molar-refractivity contribution in [2.24, 2.45) is 10.8 Å². The standard InChI is InChI=1S/C17H14F3N3O3/c18-17(19,20)13-3-1-2-12(8-13)16(25)23-22-9-11-4-6-14(7-5-11)26-10-15(21)24/h1-9H,10H2,(H2,21,24)(H,23,25)/b22-9-. The Balaban J connectivity index is 1.95. The van der Waals surface area contributed by atoms with E-state index in [1.165, 1.54) is 12.3 Å². The molecule has 2 rings (SSSR count). The number of hydrazone groups is 1. The average molecular weight is 365 g/mol. The summed E-state index contributed by atoms with van der Waals surface area (Å²) in [5.41, 5.74) is 6.63. The predicted molar refractivity (Wildman–Crippen MR) is 87.6 cm³/mol. The lowest BCUT2D eigenvalue weighted by atomic mass is 10.1. The molecule has 0 unspecified atom stereocenters. The minimum atomic E-state index is -4.53. The number of nitrogens with one attached hydrogen (secondary N) is 1. The van der Waals surface area contributed by atoms with E-state index in [4.69, 9.17) is 10.5 Å². The van der Waals surface area contributed by atoms with Gasteiger partial charge in [-0.05, 0) is 48.0 Å². The molecule has 136 valence electrons. The second-order valence-corrected chi connectivity index (χ2v) is 5.10. The normalized spacial score (nSPS) is 11.3. The Morgan fingerprint density at radius 3 is 2.46 bits per heavy atom. The first-order chi connectivity index (χ1) is 12.3. The third kappa shape index (κ3) is 5.62. The van der Waals surface area contributed by atoms with Gasteiger partial charge in [0.05, 0.1) is 11.8 Å². The molecule has 0 aliphatic rings. The van der Waals surface area contributed by atoms with Crippen LogP contribution in [0, 0.1) is 0 Å². The SMILES string of the molecule is NC(=O)COc1ccc(/C=N\NC(=O)c2cccc(C(F)(F)F)c2)cc1. The Morgan fingerprint density at radius 2 is 1.85 bits per heavy atom.